The van der Waals surface area contributed by atoms with Gasteiger partial charge in [-0.3, -0.25) is 9.59 Å². The number of nitrogens with zero attached hydrogens (tertiary/aromatic N) is 1. The van der Waals surface area contributed by atoms with E-state index in [9.17, 15) is 14.7 Å². The van der Waals surface area contributed by atoms with E-state index in [1.807, 2.05) is 56.3 Å². The van der Waals surface area contributed by atoms with Crippen molar-refractivity contribution in [3.05, 3.63) is 77.1 Å². The van der Waals surface area contributed by atoms with Crippen molar-refractivity contribution in [2.75, 3.05) is 11.9 Å². The number of ketones is 1. The van der Waals surface area contributed by atoms with E-state index < -0.39 is 0 Å². The van der Waals surface area contributed by atoms with Gasteiger partial charge < -0.3 is 15.3 Å². The van der Waals surface area contributed by atoms with Crippen LogP contribution in [0.15, 0.2) is 71.1 Å². The number of carbonyl (C=O) groups excluding carboxylic acids is 2. The van der Waals surface area contributed by atoms with E-state index in [1.165, 1.54) is 0 Å². The first-order valence-corrected chi connectivity index (χ1v) is 10.6. The molecule has 0 radical (unpaired) electrons. The van der Waals surface area contributed by atoms with Crippen molar-refractivity contribution in [2.24, 2.45) is 5.16 Å². The van der Waals surface area contributed by atoms with Gasteiger partial charge in [0.25, 0.3) is 5.91 Å². The van der Waals surface area contributed by atoms with Gasteiger partial charge in [0.05, 0.1) is 11.3 Å². The normalized spacial score (nSPS) is 16.9. The Hall–Kier alpha value is -3.41. The molecule has 1 amide bonds. The van der Waals surface area contributed by atoms with Crippen molar-refractivity contribution in [2.45, 2.75) is 45.4 Å². The molecule has 1 atom stereocenters. The van der Waals surface area contributed by atoms with Gasteiger partial charge in [-0.1, -0.05) is 48.8 Å². The molecule has 2 aromatic rings. The number of rotatable bonds is 8. The number of hydrogen-bond donors (Lipinski definition) is 2. The Balaban J connectivity index is 1.79. The summed E-state index contributed by atoms with van der Waals surface area (Å²) < 4.78 is 0. The summed E-state index contributed by atoms with van der Waals surface area (Å²) in [4.78, 5) is 30.5. The van der Waals surface area contributed by atoms with Crippen LogP contribution in [0.25, 0.3) is 0 Å². The van der Waals surface area contributed by atoms with Crippen molar-refractivity contribution in [1.82, 2.24) is 0 Å². The number of oxime groups is 1. The molecule has 0 fully saturated rings. The Morgan fingerprint density at radius 1 is 1.13 bits per heavy atom. The molecule has 0 saturated heterocycles. The number of aliphatic hydroxyl groups is 1. The van der Waals surface area contributed by atoms with Crippen molar-refractivity contribution in [3.8, 4) is 0 Å². The average Bonchev–Trinajstić information content (AvgIpc) is 2.77. The second-order valence-electron chi connectivity index (χ2n) is 7.50. The molecule has 0 spiro atoms. The fourth-order valence-electron chi connectivity index (χ4n) is 3.72. The summed E-state index contributed by atoms with van der Waals surface area (Å²) in [5.74, 6) is -0.454. The molecule has 2 N–H and O–H groups in total. The SMILES string of the molecule is CCCC(=NOCC)C1=C(O)CC(c2cccc(NC(=O)c3ccccc3)c2)CC1=O. The van der Waals surface area contributed by atoms with Crippen LogP contribution >= 0.6 is 0 Å². The molecule has 6 heteroatoms. The van der Waals surface area contributed by atoms with E-state index in [4.69, 9.17) is 4.84 Å². The summed E-state index contributed by atoms with van der Waals surface area (Å²) in [5, 5.41) is 17.6. The number of nitrogens with one attached hydrogen (secondary N) is 1. The number of benzene rings is 2. The smallest absolute Gasteiger partial charge is 0.255 e. The van der Waals surface area contributed by atoms with Crippen molar-refractivity contribution in [1.29, 1.82) is 0 Å². The van der Waals surface area contributed by atoms with Crippen LogP contribution in [0.4, 0.5) is 5.69 Å². The largest absolute Gasteiger partial charge is 0.511 e. The maximum atomic E-state index is 12.9. The van der Waals surface area contributed by atoms with Gasteiger partial charge in [0, 0.05) is 24.1 Å². The number of carbonyl (C=O) groups is 2. The molecule has 31 heavy (non-hydrogen) atoms. The molecule has 162 valence electrons. The molecular formula is C25H28N2O4. The minimum absolute atomic E-state index is 0.0480. The lowest BCUT2D eigenvalue weighted by molar-refractivity contribution is -0.116. The number of amides is 1. The Kier molecular flexibility index (Phi) is 7.60. The Bertz CT molecular complexity index is 996. The van der Waals surface area contributed by atoms with Gasteiger partial charge in [-0.05, 0) is 49.1 Å². The maximum Gasteiger partial charge on any atom is 0.255 e. The van der Waals surface area contributed by atoms with Crippen molar-refractivity contribution >= 4 is 23.1 Å². The standard InChI is InChI=1S/C25H28N2O4/c1-3-9-21(27-31-4-2)24-22(28)15-19(16-23(24)29)18-12-8-13-20(14-18)26-25(30)17-10-6-5-7-11-17/h5-8,10-14,19,28H,3-4,9,15-16H2,1-2H3,(H,26,30). The highest BCUT2D eigenvalue weighted by Crippen LogP contribution is 2.35. The third-order valence-electron chi connectivity index (χ3n) is 5.17. The van der Waals surface area contributed by atoms with Crippen LogP contribution in [0.1, 0.15) is 61.4 Å². The zero-order chi connectivity index (χ0) is 22.2. The zero-order valence-electron chi connectivity index (χ0n) is 17.9. The van der Waals surface area contributed by atoms with E-state index in [1.54, 1.807) is 12.1 Å². The van der Waals surface area contributed by atoms with Crippen molar-refractivity contribution < 1.29 is 19.5 Å². The summed E-state index contributed by atoms with van der Waals surface area (Å²) in [5.41, 5.74) is 2.92. The van der Waals surface area contributed by atoms with Crippen LogP contribution in [0, 0.1) is 0 Å². The summed E-state index contributed by atoms with van der Waals surface area (Å²) in [7, 11) is 0. The van der Waals surface area contributed by atoms with Crippen LogP contribution < -0.4 is 5.32 Å². The van der Waals surface area contributed by atoms with Crippen molar-refractivity contribution in [3.63, 3.8) is 0 Å². The Morgan fingerprint density at radius 3 is 2.58 bits per heavy atom. The number of anilines is 1. The average molecular weight is 421 g/mol. The highest BCUT2D eigenvalue weighted by Gasteiger charge is 2.31. The lowest BCUT2D eigenvalue weighted by atomic mass is 9.80. The Labute approximate surface area is 182 Å². The second kappa shape index (κ2) is 10.6. The molecule has 6 nitrogen and oxygen atoms in total. The molecule has 0 saturated carbocycles. The zero-order valence-corrected chi connectivity index (χ0v) is 17.9. The van der Waals surface area contributed by atoms with Crippen LogP contribution in [0.3, 0.4) is 0 Å². The predicted octanol–water partition coefficient (Wildman–Crippen LogP) is 5.39. The van der Waals surface area contributed by atoms with E-state index in [0.29, 0.717) is 42.0 Å². The fraction of sp³-hybridized carbons (Fsp3) is 0.320. The van der Waals surface area contributed by atoms with E-state index >= 15 is 0 Å². The molecule has 0 bridgehead atoms. The van der Waals surface area contributed by atoms with Gasteiger partial charge in [-0.25, -0.2) is 0 Å². The predicted molar refractivity (Wildman–Crippen MR) is 121 cm³/mol. The first-order chi connectivity index (χ1) is 15.0. The molecule has 3 rings (SSSR count). The van der Waals surface area contributed by atoms with Gasteiger partial charge in [-0.15, -0.1) is 0 Å². The molecule has 1 aliphatic rings. The molecule has 2 aromatic carbocycles. The molecule has 0 aliphatic heterocycles. The lowest BCUT2D eigenvalue weighted by Gasteiger charge is -2.24. The van der Waals surface area contributed by atoms with Gasteiger partial charge >= 0.3 is 0 Å². The topological polar surface area (TPSA) is 88.0 Å². The van der Waals surface area contributed by atoms with Gasteiger partial charge in [0.1, 0.15) is 12.4 Å². The Morgan fingerprint density at radius 2 is 1.90 bits per heavy atom. The fourth-order valence-corrected chi connectivity index (χ4v) is 3.72. The van der Waals surface area contributed by atoms with Gasteiger partial charge in [0.15, 0.2) is 5.78 Å². The van der Waals surface area contributed by atoms with Crippen LogP contribution in [0.2, 0.25) is 0 Å². The first-order valence-electron chi connectivity index (χ1n) is 10.6. The molecule has 1 aliphatic carbocycles. The summed E-state index contributed by atoms with van der Waals surface area (Å²) in [6.45, 7) is 4.22. The summed E-state index contributed by atoms with van der Waals surface area (Å²) >= 11 is 0. The molecule has 0 heterocycles. The number of hydrogen-bond acceptors (Lipinski definition) is 5. The number of allylic oxidation sites excluding steroid dienone is 2. The third kappa shape index (κ3) is 5.60. The van der Waals surface area contributed by atoms with Crippen LogP contribution in [0.5, 0.6) is 0 Å². The lowest BCUT2D eigenvalue weighted by Crippen LogP contribution is -2.24. The van der Waals surface area contributed by atoms with E-state index in [-0.39, 0.29) is 29.8 Å². The molecule has 0 aromatic heterocycles. The number of Topliss-reactive ketones (excluding diaryl/α,β-unsaturated/α-hetero) is 1. The minimum atomic E-state index is -0.196. The quantitative estimate of drug-likeness (QED) is 0.443. The third-order valence-corrected chi connectivity index (χ3v) is 5.17. The van der Waals surface area contributed by atoms with E-state index in [2.05, 4.69) is 10.5 Å². The van der Waals surface area contributed by atoms with Gasteiger partial charge in [-0.2, -0.15) is 0 Å². The molecule has 1 unspecified atom stereocenters. The number of aliphatic hydroxyl groups excluding tert-OH is 1. The van der Waals surface area contributed by atoms with E-state index in [0.717, 1.165) is 12.0 Å². The summed E-state index contributed by atoms with van der Waals surface area (Å²) in [6, 6.07) is 16.4. The van der Waals surface area contributed by atoms with Crippen LogP contribution in [-0.2, 0) is 9.63 Å². The van der Waals surface area contributed by atoms with Crippen LogP contribution in [-0.4, -0.2) is 29.1 Å². The molecular weight excluding hydrogens is 392 g/mol. The van der Waals surface area contributed by atoms with Gasteiger partial charge in [0.2, 0.25) is 0 Å². The summed E-state index contributed by atoms with van der Waals surface area (Å²) in [6.07, 6.45) is 1.97. The second-order valence-corrected chi connectivity index (χ2v) is 7.50. The first kappa shape index (κ1) is 22.3. The maximum absolute atomic E-state index is 12.9. The highest BCUT2D eigenvalue weighted by atomic mass is 16.6. The minimum Gasteiger partial charge on any atom is -0.511 e. The highest BCUT2D eigenvalue weighted by molar-refractivity contribution is 6.23. The monoisotopic (exact) mass is 420 g/mol.